The first kappa shape index (κ1) is 12.5. The van der Waals surface area contributed by atoms with Crippen molar-refractivity contribution in [3.8, 4) is 11.4 Å². The first-order valence-electron chi connectivity index (χ1n) is 6.41. The highest BCUT2D eigenvalue weighted by molar-refractivity contribution is 5.65. The summed E-state index contributed by atoms with van der Waals surface area (Å²) in [4.78, 5) is 8.74. The summed E-state index contributed by atoms with van der Waals surface area (Å²) in [6, 6.07) is 2.00. The highest BCUT2D eigenvalue weighted by Crippen LogP contribution is 2.25. The van der Waals surface area contributed by atoms with Gasteiger partial charge in [0.05, 0.1) is 11.4 Å². The third-order valence-corrected chi connectivity index (χ3v) is 2.90. The minimum Gasteiger partial charge on any atom is -0.370 e. The van der Waals surface area contributed by atoms with Gasteiger partial charge < -0.3 is 5.32 Å². The van der Waals surface area contributed by atoms with E-state index in [1.165, 1.54) is 0 Å². The number of aryl methyl sites for hydroxylation is 1. The van der Waals surface area contributed by atoms with Gasteiger partial charge in [-0.25, -0.2) is 9.97 Å². The Morgan fingerprint density at radius 2 is 2.06 bits per heavy atom. The SMILES string of the molecule is CCNc1ncnc(-c2ccnn2CC)c1CC. The maximum Gasteiger partial charge on any atom is 0.133 e. The fraction of sp³-hybridized carbons (Fsp3) is 0.462. The quantitative estimate of drug-likeness (QED) is 0.878. The number of rotatable bonds is 5. The van der Waals surface area contributed by atoms with Crippen molar-refractivity contribution in [3.63, 3.8) is 0 Å². The fourth-order valence-electron chi connectivity index (χ4n) is 2.07. The molecule has 2 rings (SSSR count). The predicted molar refractivity (Wildman–Crippen MR) is 72.5 cm³/mol. The topological polar surface area (TPSA) is 55.6 Å². The lowest BCUT2D eigenvalue weighted by Crippen LogP contribution is -2.08. The Labute approximate surface area is 107 Å². The standard InChI is InChI=1S/C13H19N5/c1-4-10-12(11-7-8-17-18(11)6-3)15-9-16-13(10)14-5-2/h7-9H,4-6H2,1-3H3,(H,14,15,16). The van der Waals surface area contributed by atoms with Crippen molar-refractivity contribution in [2.75, 3.05) is 11.9 Å². The number of aromatic nitrogens is 4. The molecule has 5 heteroatoms. The number of anilines is 1. The van der Waals surface area contributed by atoms with Crippen LogP contribution in [0.5, 0.6) is 0 Å². The molecule has 2 aromatic rings. The molecule has 1 N–H and O–H groups in total. The van der Waals surface area contributed by atoms with Crippen LogP contribution in [0.3, 0.4) is 0 Å². The highest BCUT2D eigenvalue weighted by Gasteiger charge is 2.14. The second kappa shape index (κ2) is 5.62. The van der Waals surface area contributed by atoms with Crippen LogP contribution in [-0.4, -0.2) is 26.3 Å². The van der Waals surface area contributed by atoms with E-state index in [1.54, 1.807) is 6.33 Å². The average Bonchev–Trinajstić information content (AvgIpc) is 2.87. The molecule has 0 aromatic carbocycles. The molecular formula is C13H19N5. The van der Waals surface area contributed by atoms with Gasteiger partial charge in [0.25, 0.3) is 0 Å². The first-order valence-corrected chi connectivity index (χ1v) is 6.41. The van der Waals surface area contributed by atoms with Crippen LogP contribution in [-0.2, 0) is 13.0 Å². The maximum atomic E-state index is 4.43. The summed E-state index contributed by atoms with van der Waals surface area (Å²) in [5.74, 6) is 0.925. The summed E-state index contributed by atoms with van der Waals surface area (Å²) in [6.07, 6.45) is 4.32. The van der Waals surface area contributed by atoms with E-state index in [0.29, 0.717) is 0 Å². The Bertz CT molecular complexity index is 518. The summed E-state index contributed by atoms with van der Waals surface area (Å²) < 4.78 is 1.96. The predicted octanol–water partition coefficient (Wildman–Crippen LogP) is 2.35. The molecule has 0 saturated carbocycles. The van der Waals surface area contributed by atoms with Gasteiger partial charge in [0.1, 0.15) is 12.1 Å². The molecule has 0 saturated heterocycles. The molecule has 2 heterocycles. The molecule has 0 radical (unpaired) electrons. The largest absolute Gasteiger partial charge is 0.370 e. The number of hydrogen-bond acceptors (Lipinski definition) is 4. The Balaban J connectivity index is 2.53. The van der Waals surface area contributed by atoms with Gasteiger partial charge in [0.2, 0.25) is 0 Å². The molecule has 0 fully saturated rings. The van der Waals surface area contributed by atoms with E-state index >= 15 is 0 Å². The number of nitrogens with zero attached hydrogens (tertiary/aromatic N) is 4. The van der Waals surface area contributed by atoms with E-state index in [9.17, 15) is 0 Å². The Morgan fingerprint density at radius 1 is 1.22 bits per heavy atom. The molecule has 0 atom stereocenters. The summed E-state index contributed by atoms with van der Waals surface area (Å²) in [6.45, 7) is 7.96. The number of nitrogens with one attached hydrogen (secondary N) is 1. The van der Waals surface area contributed by atoms with Crippen LogP contribution in [0.1, 0.15) is 26.3 Å². The second-order valence-electron chi connectivity index (χ2n) is 3.97. The maximum absolute atomic E-state index is 4.43. The molecule has 0 aliphatic carbocycles. The summed E-state index contributed by atoms with van der Waals surface area (Å²) in [5.41, 5.74) is 3.17. The van der Waals surface area contributed by atoms with Crippen LogP contribution >= 0.6 is 0 Å². The van der Waals surface area contributed by atoms with Crippen LogP contribution in [0.2, 0.25) is 0 Å². The summed E-state index contributed by atoms with van der Waals surface area (Å²) >= 11 is 0. The van der Waals surface area contributed by atoms with Crippen molar-refractivity contribution in [1.82, 2.24) is 19.7 Å². The molecule has 0 spiro atoms. The van der Waals surface area contributed by atoms with Crippen LogP contribution in [0.25, 0.3) is 11.4 Å². The normalized spacial score (nSPS) is 10.6. The van der Waals surface area contributed by atoms with E-state index < -0.39 is 0 Å². The van der Waals surface area contributed by atoms with Gasteiger partial charge in [-0.3, -0.25) is 4.68 Å². The van der Waals surface area contributed by atoms with Gasteiger partial charge in [0.15, 0.2) is 0 Å². The van der Waals surface area contributed by atoms with E-state index in [1.807, 2.05) is 16.9 Å². The monoisotopic (exact) mass is 245 g/mol. The van der Waals surface area contributed by atoms with Crippen molar-refractivity contribution >= 4 is 5.82 Å². The molecule has 5 nitrogen and oxygen atoms in total. The Hall–Kier alpha value is -1.91. The molecule has 96 valence electrons. The van der Waals surface area contributed by atoms with Gasteiger partial charge >= 0.3 is 0 Å². The van der Waals surface area contributed by atoms with E-state index in [4.69, 9.17) is 0 Å². The molecule has 0 aliphatic heterocycles. The first-order chi connectivity index (χ1) is 8.81. The molecule has 18 heavy (non-hydrogen) atoms. The van der Waals surface area contributed by atoms with Crippen molar-refractivity contribution in [2.45, 2.75) is 33.7 Å². The van der Waals surface area contributed by atoms with Gasteiger partial charge in [-0.05, 0) is 26.3 Å². The van der Waals surface area contributed by atoms with E-state index in [0.717, 1.165) is 42.3 Å². The minimum absolute atomic E-state index is 0.839. The molecule has 0 unspecified atom stereocenters. The lowest BCUT2D eigenvalue weighted by molar-refractivity contribution is 0.665. The molecule has 2 aromatic heterocycles. The Kier molecular flexibility index (Phi) is 3.92. The second-order valence-corrected chi connectivity index (χ2v) is 3.97. The van der Waals surface area contributed by atoms with Gasteiger partial charge in [-0.1, -0.05) is 6.92 Å². The summed E-state index contributed by atoms with van der Waals surface area (Å²) in [5, 5.41) is 7.58. The van der Waals surface area contributed by atoms with Crippen molar-refractivity contribution in [2.24, 2.45) is 0 Å². The van der Waals surface area contributed by atoms with Gasteiger partial charge in [-0.15, -0.1) is 0 Å². The van der Waals surface area contributed by atoms with Crippen LogP contribution in [0, 0.1) is 0 Å². The van der Waals surface area contributed by atoms with Gasteiger partial charge in [-0.2, -0.15) is 5.10 Å². The third-order valence-electron chi connectivity index (χ3n) is 2.90. The van der Waals surface area contributed by atoms with E-state index in [2.05, 4.69) is 41.2 Å². The third kappa shape index (κ3) is 2.20. The van der Waals surface area contributed by atoms with E-state index in [-0.39, 0.29) is 0 Å². The smallest absolute Gasteiger partial charge is 0.133 e. The molecule has 0 amide bonds. The van der Waals surface area contributed by atoms with Gasteiger partial charge in [0, 0.05) is 24.8 Å². The molecular weight excluding hydrogens is 226 g/mol. The molecule has 0 bridgehead atoms. The average molecular weight is 245 g/mol. The lowest BCUT2D eigenvalue weighted by Gasteiger charge is -2.12. The van der Waals surface area contributed by atoms with Crippen LogP contribution in [0.15, 0.2) is 18.6 Å². The number of hydrogen-bond donors (Lipinski definition) is 1. The van der Waals surface area contributed by atoms with Crippen molar-refractivity contribution < 1.29 is 0 Å². The Morgan fingerprint density at radius 3 is 2.72 bits per heavy atom. The van der Waals surface area contributed by atoms with Crippen LogP contribution < -0.4 is 5.32 Å². The lowest BCUT2D eigenvalue weighted by atomic mass is 10.1. The molecule has 0 aliphatic rings. The van der Waals surface area contributed by atoms with Crippen molar-refractivity contribution in [1.29, 1.82) is 0 Å². The fourth-order valence-corrected chi connectivity index (χ4v) is 2.07. The minimum atomic E-state index is 0.839. The zero-order valence-corrected chi connectivity index (χ0v) is 11.1. The van der Waals surface area contributed by atoms with Crippen molar-refractivity contribution in [3.05, 3.63) is 24.2 Å². The zero-order chi connectivity index (χ0) is 13.0. The zero-order valence-electron chi connectivity index (χ0n) is 11.1. The summed E-state index contributed by atoms with van der Waals surface area (Å²) in [7, 11) is 0. The van der Waals surface area contributed by atoms with Crippen LogP contribution in [0.4, 0.5) is 5.82 Å². The highest BCUT2D eigenvalue weighted by atomic mass is 15.3.